The lowest BCUT2D eigenvalue weighted by atomic mass is 9.81. The van der Waals surface area contributed by atoms with Gasteiger partial charge in [-0.3, -0.25) is 0 Å². The van der Waals surface area contributed by atoms with Crippen LogP contribution in [-0.2, 0) is 5.41 Å². The van der Waals surface area contributed by atoms with Gasteiger partial charge in [-0.2, -0.15) is 0 Å². The number of hydrogen-bond donors (Lipinski definition) is 0. The molecule has 1 heterocycles. The quantitative estimate of drug-likeness (QED) is 0.188. The van der Waals surface area contributed by atoms with E-state index in [1.54, 1.807) is 0 Å². The van der Waals surface area contributed by atoms with Crippen molar-refractivity contribution in [3.05, 3.63) is 163 Å². The van der Waals surface area contributed by atoms with E-state index in [0.29, 0.717) is 17.5 Å². The van der Waals surface area contributed by atoms with Crippen molar-refractivity contribution in [2.24, 2.45) is 0 Å². The summed E-state index contributed by atoms with van der Waals surface area (Å²) in [6, 6.07) is 53.7. The first kappa shape index (κ1) is 27.4. The number of fused-ring (bicyclic) bond motifs is 6. The van der Waals surface area contributed by atoms with Crippen LogP contribution in [0, 0.1) is 0 Å². The van der Waals surface area contributed by atoms with Gasteiger partial charge in [-0.1, -0.05) is 141 Å². The number of hydrogen-bond acceptors (Lipinski definition) is 3. The van der Waals surface area contributed by atoms with Gasteiger partial charge in [0.2, 0.25) is 0 Å². The minimum absolute atomic E-state index is 0.0214. The van der Waals surface area contributed by atoms with E-state index in [0.717, 1.165) is 33.2 Å². The zero-order chi connectivity index (χ0) is 31.5. The van der Waals surface area contributed by atoms with Gasteiger partial charge in [0.1, 0.15) is 0 Å². The number of nitrogens with zero attached hydrogens (tertiary/aromatic N) is 3. The summed E-state index contributed by atoms with van der Waals surface area (Å²) in [6.07, 6.45) is 0. The molecule has 3 nitrogen and oxygen atoms in total. The average Bonchev–Trinajstić information content (AvgIpc) is 3.36. The summed E-state index contributed by atoms with van der Waals surface area (Å²) < 4.78 is 0. The van der Waals surface area contributed by atoms with Crippen LogP contribution < -0.4 is 0 Å². The van der Waals surface area contributed by atoms with Crippen molar-refractivity contribution in [3.8, 4) is 56.4 Å². The molecular weight excluding hydrogens is 571 g/mol. The van der Waals surface area contributed by atoms with Crippen molar-refractivity contribution >= 4 is 21.5 Å². The van der Waals surface area contributed by atoms with Crippen LogP contribution >= 0.6 is 0 Å². The van der Waals surface area contributed by atoms with Crippen LogP contribution in [0.3, 0.4) is 0 Å². The summed E-state index contributed by atoms with van der Waals surface area (Å²) in [5.74, 6) is 1.97. The molecule has 1 aromatic heterocycles. The van der Waals surface area contributed by atoms with Gasteiger partial charge >= 0.3 is 0 Å². The number of aromatic nitrogens is 3. The maximum Gasteiger partial charge on any atom is 0.164 e. The summed E-state index contributed by atoms with van der Waals surface area (Å²) in [5, 5.41) is 4.91. The standard InChI is InChI=1S/C44H31N3/c1-44(2)39-19-10-9-18-36(39)38-27-37-32(26-40(38)44)21-20-31-25-34(22-23-35(31)37)43-46-41(29-14-7-4-8-15-29)45-42(47-43)33-17-11-16-30(24-33)28-12-5-3-6-13-28/h3-27H,1-2H3. The van der Waals surface area contributed by atoms with Crippen LogP contribution in [0.5, 0.6) is 0 Å². The molecule has 0 saturated carbocycles. The highest BCUT2D eigenvalue weighted by atomic mass is 15.0. The van der Waals surface area contributed by atoms with E-state index in [-0.39, 0.29) is 5.41 Å². The molecular formula is C44H31N3. The highest BCUT2D eigenvalue weighted by molar-refractivity contribution is 6.10. The van der Waals surface area contributed by atoms with Gasteiger partial charge in [-0.15, -0.1) is 0 Å². The zero-order valence-corrected chi connectivity index (χ0v) is 26.3. The molecule has 3 heteroatoms. The van der Waals surface area contributed by atoms with Crippen LogP contribution in [0.15, 0.2) is 152 Å². The Hall–Kier alpha value is -5.93. The number of rotatable bonds is 4. The summed E-state index contributed by atoms with van der Waals surface area (Å²) in [7, 11) is 0. The van der Waals surface area contributed by atoms with Crippen molar-refractivity contribution in [1.82, 2.24) is 15.0 Å². The Morgan fingerprint density at radius 3 is 1.68 bits per heavy atom. The Bertz CT molecular complexity index is 2480. The molecule has 0 spiro atoms. The lowest BCUT2D eigenvalue weighted by Gasteiger charge is -2.21. The summed E-state index contributed by atoms with van der Waals surface area (Å²) in [5.41, 5.74) is 10.6. The summed E-state index contributed by atoms with van der Waals surface area (Å²) in [6.45, 7) is 4.67. The maximum absolute atomic E-state index is 5.07. The molecule has 0 N–H and O–H groups in total. The van der Waals surface area contributed by atoms with Gasteiger partial charge in [0.15, 0.2) is 17.5 Å². The summed E-state index contributed by atoms with van der Waals surface area (Å²) >= 11 is 0. The van der Waals surface area contributed by atoms with Gasteiger partial charge in [-0.05, 0) is 79.2 Å². The van der Waals surface area contributed by atoms with Crippen LogP contribution in [0.1, 0.15) is 25.0 Å². The second kappa shape index (κ2) is 10.6. The fraction of sp³-hybridized carbons (Fsp3) is 0.0682. The van der Waals surface area contributed by atoms with E-state index in [4.69, 9.17) is 15.0 Å². The van der Waals surface area contributed by atoms with Crippen LogP contribution in [0.25, 0.3) is 78.0 Å². The molecule has 0 unspecified atom stereocenters. The molecule has 0 saturated heterocycles. The van der Waals surface area contributed by atoms with Gasteiger partial charge in [-0.25, -0.2) is 15.0 Å². The highest BCUT2D eigenvalue weighted by Crippen LogP contribution is 2.50. The Kier molecular flexibility index (Phi) is 6.16. The van der Waals surface area contributed by atoms with Crippen molar-refractivity contribution in [2.75, 3.05) is 0 Å². The molecule has 0 fully saturated rings. The molecule has 222 valence electrons. The molecule has 7 aromatic carbocycles. The highest BCUT2D eigenvalue weighted by Gasteiger charge is 2.35. The zero-order valence-electron chi connectivity index (χ0n) is 26.3. The fourth-order valence-corrected chi connectivity index (χ4v) is 7.22. The van der Waals surface area contributed by atoms with E-state index in [9.17, 15) is 0 Å². The average molecular weight is 602 g/mol. The second-order valence-corrected chi connectivity index (χ2v) is 12.9. The van der Waals surface area contributed by atoms with Crippen LogP contribution in [0.2, 0.25) is 0 Å². The molecule has 0 atom stereocenters. The van der Waals surface area contributed by atoms with Crippen LogP contribution in [0.4, 0.5) is 0 Å². The molecule has 0 radical (unpaired) electrons. The molecule has 9 rings (SSSR count). The molecule has 0 amide bonds. The van der Waals surface area contributed by atoms with E-state index in [1.807, 2.05) is 36.4 Å². The van der Waals surface area contributed by atoms with Crippen molar-refractivity contribution in [3.63, 3.8) is 0 Å². The van der Waals surface area contributed by atoms with E-state index in [1.165, 1.54) is 38.4 Å². The first-order valence-corrected chi connectivity index (χ1v) is 16.1. The lowest BCUT2D eigenvalue weighted by Crippen LogP contribution is -2.14. The first-order chi connectivity index (χ1) is 23.0. The third-order valence-electron chi connectivity index (χ3n) is 9.69. The molecule has 1 aliphatic rings. The third kappa shape index (κ3) is 4.54. The molecule has 0 aliphatic heterocycles. The van der Waals surface area contributed by atoms with Gasteiger partial charge < -0.3 is 0 Å². The summed E-state index contributed by atoms with van der Waals surface area (Å²) in [4.78, 5) is 15.1. The Morgan fingerprint density at radius 2 is 0.936 bits per heavy atom. The van der Waals surface area contributed by atoms with Crippen LogP contribution in [-0.4, -0.2) is 15.0 Å². The molecule has 0 bridgehead atoms. The fourth-order valence-electron chi connectivity index (χ4n) is 7.22. The van der Waals surface area contributed by atoms with Gasteiger partial charge in [0.25, 0.3) is 0 Å². The van der Waals surface area contributed by atoms with E-state index >= 15 is 0 Å². The normalized spacial score (nSPS) is 13.1. The maximum atomic E-state index is 5.07. The Morgan fingerprint density at radius 1 is 0.362 bits per heavy atom. The van der Waals surface area contributed by atoms with Crippen molar-refractivity contribution in [2.45, 2.75) is 19.3 Å². The SMILES string of the molecule is CC1(C)c2ccccc2-c2cc3c(ccc4cc(-c5nc(-c6ccccc6)nc(-c6cccc(-c7ccccc7)c6)n5)ccc43)cc21. The first-order valence-electron chi connectivity index (χ1n) is 16.1. The minimum atomic E-state index is -0.0214. The Labute approximate surface area is 274 Å². The predicted molar refractivity (Wildman–Crippen MR) is 194 cm³/mol. The van der Waals surface area contributed by atoms with E-state index < -0.39 is 0 Å². The smallest absolute Gasteiger partial charge is 0.164 e. The molecule has 1 aliphatic carbocycles. The monoisotopic (exact) mass is 601 g/mol. The molecule has 8 aromatic rings. The Balaban J connectivity index is 1.19. The topological polar surface area (TPSA) is 38.7 Å². The number of benzene rings is 7. The van der Waals surface area contributed by atoms with Gasteiger partial charge in [0, 0.05) is 22.1 Å². The minimum Gasteiger partial charge on any atom is -0.208 e. The van der Waals surface area contributed by atoms with E-state index in [2.05, 4.69) is 129 Å². The largest absolute Gasteiger partial charge is 0.208 e. The lowest BCUT2D eigenvalue weighted by molar-refractivity contribution is 0.661. The third-order valence-corrected chi connectivity index (χ3v) is 9.69. The van der Waals surface area contributed by atoms with Crippen molar-refractivity contribution in [1.29, 1.82) is 0 Å². The van der Waals surface area contributed by atoms with Gasteiger partial charge in [0.05, 0.1) is 0 Å². The van der Waals surface area contributed by atoms with Crippen molar-refractivity contribution < 1.29 is 0 Å². The predicted octanol–water partition coefficient (Wildman–Crippen LogP) is 11.2. The molecule has 47 heavy (non-hydrogen) atoms. The second-order valence-electron chi connectivity index (χ2n) is 12.9.